The van der Waals surface area contributed by atoms with Crippen LogP contribution in [0.15, 0.2) is 83.8 Å². The van der Waals surface area contributed by atoms with Crippen LogP contribution in [-0.4, -0.2) is 27.8 Å². The molecule has 0 atom stereocenters. The van der Waals surface area contributed by atoms with E-state index in [9.17, 15) is 18.0 Å². The number of rotatable bonds is 5. The van der Waals surface area contributed by atoms with Gasteiger partial charge in [-0.2, -0.15) is 13.2 Å². The van der Waals surface area contributed by atoms with Crippen molar-refractivity contribution in [3.8, 4) is 0 Å². The Hall–Kier alpha value is -3.72. The number of nitrogens with zero attached hydrogens (tertiary/aromatic N) is 3. The Balaban J connectivity index is 1.94. The van der Waals surface area contributed by atoms with Crippen molar-refractivity contribution in [2.45, 2.75) is 6.18 Å². The molecule has 6 nitrogen and oxygen atoms in total. The van der Waals surface area contributed by atoms with Gasteiger partial charge in [0, 0.05) is 23.5 Å². The Kier molecular flexibility index (Phi) is 6.66. The maximum Gasteiger partial charge on any atom is 0.430 e. The van der Waals surface area contributed by atoms with Crippen LogP contribution in [-0.2, 0) is 0 Å². The Morgan fingerprint density at radius 2 is 1.61 bits per heavy atom. The average Bonchev–Trinajstić information content (AvgIpc) is 2.75. The summed E-state index contributed by atoms with van der Waals surface area (Å²) >= 11 is 6.08. The lowest BCUT2D eigenvalue weighted by Gasteiger charge is -2.10. The van der Waals surface area contributed by atoms with Crippen molar-refractivity contribution in [1.29, 1.82) is 0 Å². The van der Waals surface area contributed by atoms with E-state index >= 15 is 0 Å². The van der Waals surface area contributed by atoms with E-state index in [2.05, 4.69) is 20.3 Å². The third-order valence-electron chi connectivity index (χ3n) is 3.95. The maximum absolute atomic E-state index is 13.0. The Bertz CT molecular complexity index is 1130. The first-order valence-corrected chi connectivity index (χ1v) is 9.18. The van der Waals surface area contributed by atoms with Gasteiger partial charge in [-0.3, -0.25) is 10.1 Å². The molecule has 0 aliphatic carbocycles. The number of hydrogen-bond acceptors (Lipinski definition) is 5. The number of nitrogens with two attached hydrogens (primary N) is 1. The predicted molar refractivity (Wildman–Crippen MR) is 112 cm³/mol. The molecule has 0 unspecified atom stereocenters. The number of benzene rings is 2. The first kappa shape index (κ1) is 22.0. The lowest BCUT2D eigenvalue weighted by Crippen LogP contribution is -2.21. The monoisotopic (exact) mass is 445 g/mol. The molecule has 10 heteroatoms. The number of nitrogens with one attached hydrogen (secondary N) is 1. The van der Waals surface area contributed by atoms with Crippen molar-refractivity contribution in [2.75, 3.05) is 5.32 Å². The zero-order chi connectivity index (χ0) is 22.4. The lowest BCUT2D eigenvalue weighted by molar-refractivity contribution is -0.0925. The van der Waals surface area contributed by atoms with Crippen molar-refractivity contribution in [2.24, 2.45) is 10.7 Å². The fraction of sp³-hybridized carbons (Fsp3) is 0.0476. The van der Waals surface area contributed by atoms with Crippen molar-refractivity contribution in [3.05, 3.63) is 94.9 Å². The predicted octanol–water partition coefficient (Wildman–Crippen LogP) is 4.91. The molecule has 158 valence electrons. The molecular formula is C21H15ClF3N5O. The van der Waals surface area contributed by atoms with Crippen LogP contribution in [0.1, 0.15) is 15.9 Å². The van der Waals surface area contributed by atoms with E-state index in [1.807, 2.05) is 0 Å². The smallest absolute Gasteiger partial charge is 0.395 e. The molecule has 0 aliphatic heterocycles. The van der Waals surface area contributed by atoms with Gasteiger partial charge < -0.3 is 5.73 Å². The summed E-state index contributed by atoms with van der Waals surface area (Å²) in [4.78, 5) is 24.3. The number of hydrogen-bond donors (Lipinski definition) is 2. The number of allylic oxidation sites excluding steroid dienone is 2. The zero-order valence-corrected chi connectivity index (χ0v) is 16.5. The number of aromatic nitrogens is 2. The van der Waals surface area contributed by atoms with Gasteiger partial charge in [0.15, 0.2) is 0 Å². The van der Waals surface area contributed by atoms with Gasteiger partial charge in [0.1, 0.15) is 5.70 Å². The summed E-state index contributed by atoms with van der Waals surface area (Å²) < 4.78 is 38.9. The first-order valence-electron chi connectivity index (χ1n) is 8.80. The minimum Gasteiger partial charge on any atom is -0.395 e. The molecule has 3 aromatic rings. The van der Waals surface area contributed by atoms with Gasteiger partial charge in [-0.15, -0.1) is 0 Å². The number of aliphatic imine (C=N–C) groups is 1. The molecule has 1 heterocycles. The Labute approximate surface area is 180 Å². The maximum atomic E-state index is 13.0. The second kappa shape index (κ2) is 9.40. The summed E-state index contributed by atoms with van der Waals surface area (Å²) in [5, 5.41) is 2.78. The molecule has 31 heavy (non-hydrogen) atoms. The van der Waals surface area contributed by atoms with E-state index in [0.29, 0.717) is 5.56 Å². The summed E-state index contributed by atoms with van der Waals surface area (Å²) in [5.74, 6) is -0.355. The highest BCUT2D eigenvalue weighted by atomic mass is 35.5. The molecule has 3 N–H and O–H groups in total. The number of alkyl halides is 3. The molecule has 3 rings (SSSR count). The van der Waals surface area contributed by atoms with E-state index in [1.165, 1.54) is 36.7 Å². The molecule has 0 saturated heterocycles. The van der Waals surface area contributed by atoms with Gasteiger partial charge in [0.2, 0.25) is 5.95 Å². The normalized spacial score (nSPS) is 12.5. The van der Waals surface area contributed by atoms with Crippen molar-refractivity contribution >= 4 is 34.9 Å². The van der Waals surface area contributed by atoms with Crippen LogP contribution in [0.5, 0.6) is 0 Å². The fourth-order valence-electron chi connectivity index (χ4n) is 2.41. The van der Waals surface area contributed by atoms with Crippen LogP contribution in [0.4, 0.5) is 24.8 Å². The van der Waals surface area contributed by atoms with E-state index in [4.69, 9.17) is 17.3 Å². The minimum atomic E-state index is -4.73. The van der Waals surface area contributed by atoms with Gasteiger partial charge in [-0.05, 0) is 36.4 Å². The standard InChI is InChI=1S/C21H15ClF3N5O/c22-15-4-1-2-5-16(15)29-17(12-18(26)21(23,24)25)13-6-8-14(9-7-13)19(31)30-20-27-10-3-11-28-20/h1-12H,26H2,(H,27,28,30,31)/b18-12-,29-17?. The lowest BCUT2D eigenvalue weighted by atomic mass is 10.1. The number of amides is 1. The quantitative estimate of drug-likeness (QED) is 0.546. The average molecular weight is 446 g/mol. The molecule has 0 aliphatic rings. The molecule has 0 saturated carbocycles. The highest BCUT2D eigenvalue weighted by Crippen LogP contribution is 2.27. The van der Waals surface area contributed by atoms with Gasteiger partial charge in [-0.1, -0.05) is 35.9 Å². The summed E-state index contributed by atoms with van der Waals surface area (Å²) in [7, 11) is 0. The van der Waals surface area contributed by atoms with Gasteiger partial charge in [0.25, 0.3) is 5.91 Å². The SMILES string of the molecule is N/C(=C\C(=Nc1ccccc1Cl)c1ccc(C(=O)Nc2ncccn2)cc1)C(F)(F)F. The van der Waals surface area contributed by atoms with Crippen LogP contribution < -0.4 is 11.1 Å². The van der Waals surface area contributed by atoms with E-state index < -0.39 is 17.8 Å². The molecule has 2 aromatic carbocycles. The molecule has 0 fully saturated rings. The number of halogens is 4. The molecular weight excluding hydrogens is 431 g/mol. The number of carbonyl (C=O) groups is 1. The molecule has 1 aromatic heterocycles. The van der Waals surface area contributed by atoms with Crippen molar-refractivity contribution < 1.29 is 18.0 Å². The van der Waals surface area contributed by atoms with Crippen molar-refractivity contribution in [1.82, 2.24) is 9.97 Å². The fourth-order valence-corrected chi connectivity index (χ4v) is 2.59. The Morgan fingerprint density at radius 1 is 1.00 bits per heavy atom. The third-order valence-corrected chi connectivity index (χ3v) is 4.27. The molecule has 0 radical (unpaired) electrons. The summed E-state index contributed by atoms with van der Waals surface area (Å²) in [5.41, 5.74) is 4.63. The Morgan fingerprint density at radius 3 is 2.23 bits per heavy atom. The van der Waals surface area contributed by atoms with Crippen LogP contribution in [0.25, 0.3) is 0 Å². The van der Waals surface area contributed by atoms with E-state index in [0.717, 1.165) is 6.08 Å². The van der Waals surface area contributed by atoms with Crippen LogP contribution >= 0.6 is 11.6 Å². The van der Waals surface area contributed by atoms with E-state index in [-0.39, 0.29) is 27.9 Å². The van der Waals surface area contributed by atoms with Crippen LogP contribution in [0, 0.1) is 0 Å². The van der Waals surface area contributed by atoms with Gasteiger partial charge in [0.05, 0.1) is 16.4 Å². The van der Waals surface area contributed by atoms with Crippen molar-refractivity contribution in [3.63, 3.8) is 0 Å². The highest BCUT2D eigenvalue weighted by molar-refractivity contribution is 6.33. The second-order valence-electron chi connectivity index (χ2n) is 6.15. The largest absolute Gasteiger partial charge is 0.430 e. The second-order valence-corrected chi connectivity index (χ2v) is 6.56. The zero-order valence-electron chi connectivity index (χ0n) is 15.8. The number of anilines is 1. The molecule has 0 bridgehead atoms. The van der Waals surface area contributed by atoms with Crippen LogP contribution in [0.3, 0.4) is 0 Å². The number of para-hydroxylation sites is 1. The highest BCUT2D eigenvalue weighted by Gasteiger charge is 2.31. The summed E-state index contributed by atoms with van der Waals surface area (Å²) in [6, 6.07) is 13.8. The minimum absolute atomic E-state index is 0.0683. The van der Waals surface area contributed by atoms with E-state index in [1.54, 1.807) is 30.3 Å². The topological polar surface area (TPSA) is 93.3 Å². The summed E-state index contributed by atoms with van der Waals surface area (Å²) in [6.07, 6.45) is -1.06. The molecule has 0 spiro atoms. The van der Waals surface area contributed by atoms with Gasteiger partial charge in [-0.25, -0.2) is 15.0 Å². The first-order chi connectivity index (χ1) is 14.7. The van der Waals surface area contributed by atoms with Gasteiger partial charge >= 0.3 is 6.18 Å². The number of carbonyl (C=O) groups excluding carboxylic acids is 1. The summed E-state index contributed by atoms with van der Waals surface area (Å²) in [6.45, 7) is 0. The third kappa shape index (κ3) is 5.89. The molecule has 1 amide bonds. The van der Waals surface area contributed by atoms with Crippen LogP contribution in [0.2, 0.25) is 5.02 Å².